The lowest BCUT2D eigenvalue weighted by Gasteiger charge is -2.41. The van der Waals surface area contributed by atoms with E-state index in [0.717, 1.165) is 10.0 Å². The maximum absolute atomic E-state index is 13.7. The number of aromatic nitrogens is 2. The van der Waals surface area contributed by atoms with Gasteiger partial charge >= 0.3 is 0 Å². The molecule has 0 saturated carbocycles. The monoisotopic (exact) mass is 587 g/mol. The van der Waals surface area contributed by atoms with Crippen molar-refractivity contribution in [1.82, 2.24) is 19.6 Å². The fraction of sp³-hybridized carbons (Fsp3) is 0.172. The van der Waals surface area contributed by atoms with E-state index in [1.165, 1.54) is 0 Å². The minimum atomic E-state index is -0.344. The second-order valence-corrected chi connectivity index (χ2v) is 10.4. The zero-order valence-electron chi connectivity index (χ0n) is 20.5. The molecule has 1 unspecified atom stereocenters. The molecule has 9 heteroatoms. The Morgan fingerprint density at radius 2 is 1.76 bits per heavy atom. The third-order valence-corrected chi connectivity index (χ3v) is 7.52. The lowest BCUT2D eigenvalue weighted by atomic mass is 10.00. The normalized spacial score (nSPS) is 15.3. The summed E-state index contributed by atoms with van der Waals surface area (Å²) in [5.41, 5.74) is 3.88. The molecule has 0 N–H and O–H groups in total. The van der Waals surface area contributed by atoms with Crippen molar-refractivity contribution in [3.8, 4) is 11.8 Å². The summed E-state index contributed by atoms with van der Waals surface area (Å²) >= 11 is 9.55. The first-order valence-corrected chi connectivity index (χ1v) is 13.2. The Labute approximate surface area is 234 Å². The zero-order valence-corrected chi connectivity index (χ0v) is 22.9. The summed E-state index contributed by atoms with van der Waals surface area (Å²) in [4.78, 5) is 30.8. The summed E-state index contributed by atoms with van der Waals surface area (Å²) in [5.74, 6) is -0.245. The van der Waals surface area contributed by atoms with Gasteiger partial charge in [-0.2, -0.15) is 10.4 Å². The first-order chi connectivity index (χ1) is 18.4. The quantitative estimate of drug-likeness (QED) is 0.301. The van der Waals surface area contributed by atoms with Crippen LogP contribution in [-0.2, 0) is 0 Å². The predicted octanol–water partition coefficient (Wildman–Crippen LogP) is 5.81. The number of benzene rings is 3. The van der Waals surface area contributed by atoms with Gasteiger partial charge in [-0.25, -0.2) is 4.68 Å². The fourth-order valence-electron chi connectivity index (χ4n) is 4.70. The van der Waals surface area contributed by atoms with Crippen LogP contribution in [0.4, 0.5) is 0 Å². The molecule has 7 nitrogen and oxygen atoms in total. The Hall–Kier alpha value is -3.93. The number of amides is 2. The van der Waals surface area contributed by atoms with Gasteiger partial charge in [0, 0.05) is 34.7 Å². The number of nitrogens with zero attached hydrogens (tertiary/aromatic N) is 5. The van der Waals surface area contributed by atoms with Crippen LogP contribution in [0.5, 0.6) is 0 Å². The van der Waals surface area contributed by atoms with Crippen molar-refractivity contribution in [3.63, 3.8) is 0 Å². The van der Waals surface area contributed by atoms with Gasteiger partial charge in [0.25, 0.3) is 11.8 Å². The summed E-state index contributed by atoms with van der Waals surface area (Å²) in [6.07, 6.45) is 1.56. The largest absolute Gasteiger partial charge is 0.334 e. The van der Waals surface area contributed by atoms with Crippen LogP contribution in [0, 0.1) is 18.3 Å². The standard InChI is InChI=1S/C29H23BrClN5O2/c1-19-26(17-33-36(19)25-4-2-3-20(15-25)16-32)29(38)34-13-14-35(28(37)22-5-9-23(30)10-6-22)27(18-34)21-7-11-24(31)12-8-21/h2-12,15,17,27H,13-14,18H2,1H3. The number of carbonyl (C=O) groups is 2. The molecular formula is C29H23BrClN5O2. The highest BCUT2D eigenvalue weighted by atomic mass is 79.9. The molecule has 1 saturated heterocycles. The van der Waals surface area contributed by atoms with Gasteiger partial charge in [-0.3, -0.25) is 9.59 Å². The molecule has 1 fully saturated rings. The third kappa shape index (κ3) is 5.08. The molecule has 38 heavy (non-hydrogen) atoms. The van der Waals surface area contributed by atoms with Crippen molar-refractivity contribution in [1.29, 1.82) is 5.26 Å². The zero-order chi connectivity index (χ0) is 26.8. The van der Waals surface area contributed by atoms with E-state index in [0.29, 0.717) is 52.7 Å². The van der Waals surface area contributed by atoms with Gasteiger partial charge in [-0.05, 0) is 67.1 Å². The predicted molar refractivity (Wildman–Crippen MR) is 148 cm³/mol. The van der Waals surface area contributed by atoms with Crippen molar-refractivity contribution in [3.05, 3.63) is 116 Å². The molecule has 4 aromatic rings. The number of hydrogen-bond donors (Lipinski definition) is 0. The summed E-state index contributed by atoms with van der Waals surface area (Å²) in [6.45, 7) is 2.94. The molecular weight excluding hydrogens is 566 g/mol. The molecule has 2 amide bonds. The molecule has 1 aliphatic rings. The summed E-state index contributed by atoms with van der Waals surface area (Å²) in [6, 6.07) is 23.5. The molecule has 2 heterocycles. The van der Waals surface area contributed by atoms with Crippen molar-refractivity contribution < 1.29 is 9.59 Å². The number of rotatable bonds is 4. The van der Waals surface area contributed by atoms with Gasteiger partial charge in [-0.15, -0.1) is 0 Å². The highest BCUT2D eigenvalue weighted by molar-refractivity contribution is 9.10. The van der Waals surface area contributed by atoms with E-state index in [2.05, 4.69) is 27.1 Å². The molecule has 0 spiro atoms. The summed E-state index contributed by atoms with van der Waals surface area (Å²) in [7, 11) is 0. The van der Waals surface area contributed by atoms with Crippen LogP contribution in [0.1, 0.15) is 43.6 Å². The lowest BCUT2D eigenvalue weighted by Crippen LogP contribution is -2.52. The van der Waals surface area contributed by atoms with E-state index in [4.69, 9.17) is 11.6 Å². The minimum absolute atomic E-state index is 0.0917. The fourth-order valence-corrected chi connectivity index (χ4v) is 5.09. The SMILES string of the molecule is Cc1c(C(=O)N2CCN(C(=O)c3ccc(Br)cc3)C(c3ccc(Cl)cc3)C2)cnn1-c1cccc(C#N)c1. The Bertz CT molecular complexity index is 1540. The van der Waals surface area contributed by atoms with E-state index in [1.54, 1.807) is 58.2 Å². The van der Waals surface area contributed by atoms with E-state index >= 15 is 0 Å². The Morgan fingerprint density at radius 1 is 1.03 bits per heavy atom. The molecule has 3 aromatic carbocycles. The highest BCUT2D eigenvalue weighted by Gasteiger charge is 2.35. The molecule has 0 bridgehead atoms. The molecule has 0 aliphatic carbocycles. The molecule has 1 aliphatic heterocycles. The maximum Gasteiger partial charge on any atom is 0.257 e. The van der Waals surface area contributed by atoms with E-state index < -0.39 is 0 Å². The lowest BCUT2D eigenvalue weighted by molar-refractivity contribution is 0.0383. The first-order valence-electron chi connectivity index (χ1n) is 12.0. The average Bonchev–Trinajstić information content (AvgIpc) is 3.34. The molecule has 1 aromatic heterocycles. The topological polar surface area (TPSA) is 82.2 Å². The van der Waals surface area contributed by atoms with Gasteiger partial charge < -0.3 is 9.80 Å². The number of nitriles is 1. The number of piperazine rings is 1. The van der Waals surface area contributed by atoms with Gasteiger partial charge in [-0.1, -0.05) is 45.7 Å². The average molecular weight is 589 g/mol. The molecule has 5 rings (SSSR count). The molecule has 190 valence electrons. The van der Waals surface area contributed by atoms with E-state index in [1.807, 2.05) is 42.2 Å². The van der Waals surface area contributed by atoms with Gasteiger partial charge in [0.1, 0.15) is 0 Å². The third-order valence-electron chi connectivity index (χ3n) is 6.73. The van der Waals surface area contributed by atoms with Crippen LogP contribution in [0.3, 0.4) is 0 Å². The second kappa shape index (κ2) is 10.8. The van der Waals surface area contributed by atoms with Gasteiger partial charge in [0.2, 0.25) is 0 Å². The number of carbonyl (C=O) groups excluding carboxylic acids is 2. The summed E-state index contributed by atoms with van der Waals surface area (Å²) in [5, 5.41) is 14.3. The van der Waals surface area contributed by atoms with Crippen LogP contribution in [0.25, 0.3) is 5.69 Å². The molecule has 0 radical (unpaired) electrons. The van der Waals surface area contributed by atoms with E-state index in [9.17, 15) is 14.9 Å². The van der Waals surface area contributed by atoms with E-state index in [-0.39, 0.29) is 17.9 Å². The van der Waals surface area contributed by atoms with Crippen LogP contribution in [0.2, 0.25) is 5.02 Å². The van der Waals surface area contributed by atoms with Crippen molar-refractivity contribution in [2.24, 2.45) is 0 Å². The summed E-state index contributed by atoms with van der Waals surface area (Å²) < 4.78 is 2.56. The van der Waals surface area contributed by atoms with Crippen LogP contribution in [0.15, 0.2) is 83.5 Å². The van der Waals surface area contributed by atoms with Crippen LogP contribution >= 0.6 is 27.5 Å². The maximum atomic E-state index is 13.7. The van der Waals surface area contributed by atoms with Crippen molar-refractivity contribution in [2.45, 2.75) is 13.0 Å². The minimum Gasteiger partial charge on any atom is -0.334 e. The Balaban J connectivity index is 1.43. The van der Waals surface area contributed by atoms with Crippen molar-refractivity contribution >= 4 is 39.3 Å². The molecule has 1 atom stereocenters. The second-order valence-electron chi connectivity index (χ2n) is 9.04. The first kappa shape index (κ1) is 25.7. The van der Waals surface area contributed by atoms with Crippen LogP contribution < -0.4 is 0 Å². The number of halogens is 2. The van der Waals surface area contributed by atoms with Gasteiger partial charge in [0.15, 0.2) is 0 Å². The smallest absolute Gasteiger partial charge is 0.257 e. The Kier molecular flexibility index (Phi) is 7.32. The van der Waals surface area contributed by atoms with Crippen LogP contribution in [-0.4, -0.2) is 51.0 Å². The van der Waals surface area contributed by atoms with Gasteiger partial charge in [0.05, 0.1) is 40.8 Å². The number of hydrogen-bond acceptors (Lipinski definition) is 4. The van der Waals surface area contributed by atoms with Crippen molar-refractivity contribution in [2.75, 3.05) is 19.6 Å². The Morgan fingerprint density at radius 3 is 2.47 bits per heavy atom. The highest BCUT2D eigenvalue weighted by Crippen LogP contribution is 2.30.